The maximum Gasteiger partial charge on any atom is 0.240 e. The normalized spacial score (nSPS) is 19.5. The quantitative estimate of drug-likeness (QED) is 0.854. The molecule has 24 heavy (non-hydrogen) atoms. The van der Waals surface area contributed by atoms with Crippen molar-refractivity contribution in [2.75, 3.05) is 20.2 Å². The molecule has 0 saturated carbocycles. The van der Waals surface area contributed by atoms with Gasteiger partial charge in [-0.3, -0.25) is 4.90 Å². The van der Waals surface area contributed by atoms with Crippen molar-refractivity contribution in [3.8, 4) is 0 Å². The van der Waals surface area contributed by atoms with E-state index < -0.39 is 6.10 Å². The van der Waals surface area contributed by atoms with Gasteiger partial charge in [-0.2, -0.15) is 4.98 Å². The summed E-state index contributed by atoms with van der Waals surface area (Å²) in [7, 11) is 3.53. The van der Waals surface area contributed by atoms with E-state index in [2.05, 4.69) is 20.0 Å². The van der Waals surface area contributed by atoms with Gasteiger partial charge < -0.3 is 18.9 Å². The number of aliphatic hydroxyl groups excluding tert-OH is 1. The van der Waals surface area contributed by atoms with Gasteiger partial charge in [0, 0.05) is 26.6 Å². The zero-order chi connectivity index (χ0) is 17.1. The Morgan fingerprint density at radius 2 is 2.17 bits per heavy atom. The van der Waals surface area contributed by atoms with Crippen LogP contribution in [0.2, 0.25) is 0 Å². The molecule has 1 fully saturated rings. The second-order valence-corrected chi connectivity index (χ2v) is 6.38. The average Bonchev–Trinajstić information content (AvgIpc) is 3.23. The molecule has 8 nitrogen and oxygen atoms in total. The maximum atomic E-state index is 10.5. The van der Waals surface area contributed by atoms with E-state index in [-0.39, 0.29) is 12.0 Å². The number of hydrogen-bond donors (Lipinski definition) is 1. The number of methoxy groups -OCH3 is 1. The van der Waals surface area contributed by atoms with Gasteiger partial charge in [0.05, 0.1) is 6.54 Å². The number of rotatable bonds is 6. The number of aromatic nitrogens is 4. The van der Waals surface area contributed by atoms with E-state index in [0.29, 0.717) is 18.3 Å². The zero-order valence-corrected chi connectivity index (χ0v) is 14.4. The molecule has 0 spiro atoms. The van der Waals surface area contributed by atoms with Crippen LogP contribution in [-0.2, 0) is 18.3 Å². The first-order chi connectivity index (χ1) is 11.6. The highest BCUT2D eigenvalue weighted by molar-refractivity contribution is 4.99. The highest BCUT2D eigenvalue weighted by Gasteiger charge is 2.29. The van der Waals surface area contributed by atoms with Crippen molar-refractivity contribution in [3.05, 3.63) is 29.9 Å². The Labute approximate surface area is 141 Å². The molecule has 2 aromatic rings. The third-order valence-electron chi connectivity index (χ3n) is 4.76. The molecule has 0 bridgehead atoms. The van der Waals surface area contributed by atoms with Crippen molar-refractivity contribution in [2.24, 2.45) is 13.0 Å². The van der Waals surface area contributed by atoms with Crippen LogP contribution in [0.5, 0.6) is 0 Å². The van der Waals surface area contributed by atoms with Crippen molar-refractivity contribution in [1.29, 1.82) is 0 Å². The maximum absolute atomic E-state index is 10.5. The lowest BCUT2D eigenvalue weighted by molar-refractivity contribution is 0.0465. The van der Waals surface area contributed by atoms with Gasteiger partial charge in [0.2, 0.25) is 5.89 Å². The van der Waals surface area contributed by atoms with Gasteiger partial charge in [-0.05, 0) is 38.8 Å². The molecule has 1 aliphatic heterocycles. The van der Waals surface area contributed by atoms with Crippen molar-refractivity contribution < 1.29 is 14.4 Å². The van der Waals surface area contributed by atoms with Gasteiger partial charge in [-0.15, -0.1) is 0 Å². The smallest absolute Gasteiger partial charge is 0.240 e. The fourth-order valence-corrected chi connectivity index (χ4v) is 3.09. The molecule has 0 radical (unpaired) electrons. The molecule has 8 heteroatoms. The summed E-state index contributed by atoms with van der Waals surface area (Å²) in [5.41, 5.74) is 0. The Morgan fingerprint density at radius 1 is 1.42 bits per heavy atom. The lowest BCUT2D eigenvalue weighted by Gasteiger charge is -2.33. The number of imidazole rings is 1. The first-order valence-corrected chi connectivity index (χ1v) is 8.31. The van der Waals surface area contributed by atoms with Gasteiger partial charge in [-0.1, -0.05) is 5.16 Å². The molecular weight excluding hydrogens is 310 g/mol. The fourth-order valence-electron chi connectivity index (χ4n) is 3.09. The predicted molar refractivity (Wildman–Crippen MR) is 85.9 cm³/mol. The van der Waals surface area contributed by atoms with E-state index in [4.69, 9.17) is 9.26 Å². The summed E-state index contributed by atoms with van der Waals surface area (Å²) in [6.45, 7) is 4.31. The SMILES string of the molecule is COC(C)c1noc(CN2CCC(C(O)c3nccn3C)CC2)n1. The molecule has 3 rings (SSSR count). The summed E-state index contributed by atoms with van der Waals surface area (Å²) in [6.07, 6.45) is 4.75. The van der Waals surface area contributed by atoms with E-state index in [1.165, 1.54) is 0 Å². The standard InChI is InChI=1S/C16H25N5O3/c1-11(23-3)15-18-13(24-19-15)10-21-7-4-12(5-8-21)14(22)16-17-6-9-20(16)2/h6,9,11-12,14,22H,4-5,7-8,10H2,1-3H3. The number of piperidine rings is 1. The second kappa shape index (κ2) is 7.42. The van der Waals surface area contributed by atoms with Crippen LogP contribution < -0.4 is 0 Å². The fraction of sp³-hybridized carbons (Fsp3) is 0.688. The van der Waals surface area contributed by atoms with Crippen LogP contribution in [-0.4, -0.2) is 49.9 Å². The average molecular weight is 335 g/mol. The summed E-state index contributed by atoms with van der Waals surface area (Å²) >= 11 is 0. The molecule has 2 unspecified atom stereocenters. The minimum Gasteiger partial charge on any atom is -0.385 e. The van der Waals surface area contributed by atoms with Crippen LogP contribution in [0.25, 0.3) is 0 Å². The summed E-state index contributed by atoms with van der Waals surface area (Å²) in [5.74, 6) is 2.15. The molecule has 1 N–H and O–H groups in total. The monoisotopic (exact) mass is 335 g/mol. The molecule has 3 heterocycles. The predicted octanol–water partition coefficient (Wildman–Crippen LogP) is 1.46. The molecule has 1 saturated heterocycles. The van der Waals surface area contributed by atoms with Gasteiger partial charge >= 0.3 is 0 Å². The van der Waals surface area contributed by atoms with Crippen LogP contribution in [0.15, 0.2) is 16.9 Å². The minimum atomic E-state index is -0.510. The largest absolute Gasteiger partial charge is 0.385 e. The van der Waals surface area contributed by atoms with Crippen LogP contribution in [0.4, 0.5) is 0 Å². The molecule has 2 aromatic heterocycles. The zero-order valence-electron chi connectivity index (χ0n) is 14.4. The van der Waals surface area contributed by atoms with Crippen molar-refractivity contribution >= 4 is 0 Å². The highest BCUT2D eigenvalue weighted by Crippen LogP contribution is 2.30. The van der Waals surface area contributed by atoms with E-state index in [1.54, 1.807) is 13.3 Å². The summed E-state index contributed by atoms with van der Waals surface area (Å²) in [5, 5.41) is 14.5. The molecule has 1 aliphatic rings. The topological polar surface area (TPSA) is 89.4 Å². The van der Waals surface area contributed by atoms with Crippen molar-refractivity contribution in [1.82, 2.24) is 24.6 Å². The Kier molecular flexibility index (Phi) is 5.27. The summed E-state index contributed by atoms with van der Waals surface area (Å²) in [6, 6.07) is 0. The van der Waals surface area contributed by atoms with Gasteiger partial charge in [0.15, 0.2) is 5.82 Å². The molecule has 2 atom stereocenters. The molecular formula is C16H25N5O3. The van der Waals surface area contributed by atoms with E-state index in [9.17, 15) is 5.11 Å². The molecule has 132 valence electrons. The summed E-state index contributed by atoms with van der Waals surface area (Å²) < 4.78 is 12.4. The first kappa shape index (κ1) is 17.1. The number of nitrogens with zero attached hydrogens (tertiary/aromatic N) is 5. The lowest BCUT2D eigenvalue weighted by atomic mass is 9.91. The van der Waals surface area contributed by atoms with E-state index in [1.807, 2.05) is 24.7 Å². The van der Waals surface area contributed by atoms with Crippen LogP contribution in [0.1, 0.15) is 49.5 Å². The number of hydrogen-bond acceptors (Lipinski definition) is 7. The number of likely N-dealkylation sites (tertiary alicyclic amines) is 1. The third kappa shape index (κ3) is 3.66. The van der Waals surface area contributed by atoms with Crippen LogP contribution >= 0.6 is 0 Å². The number of aliphatic hydroxyl groups is 1. The molecule has 0 amide bonds. The molecule has 0 aromatic carbocycles. The van der Waals surface area contributed by atoms with Crippen LogP contribution in [0.3, 0.4) is 0 Å². The number of ether oxygens (including phenoxy) is 1. The Morgan fingerprint density at radius 3 is 2.79 bits per heavy atom. The van der Waals surface area contributed by atoms with Gasteiger partial charge in [0.25, 0.3) is 0 Å². The second-order valence-electron chi connectivity index (χ2n) is 6.38. The van der Waals surface area contributed by atoms with Gasteiger partial charge in [0.1, 0.15) is 18.0 Å². The minimum absolute atomic E-state index is 0.166. The highest BCUT2D eigenvalue weighted by atomic mass is 16.5. The van der Waals surface area contributed by atoms with E-state index >= 15 is 0 Å². The Balaban J connectivity index is 1.52. The molecule has 0 aliphatic carbocycles. The summed E-state index contributed by atoms with van der Waals surface area (Å²) in [4.78, 5) is 10.9. The van der Waals surface area contributed by atoms with Crippen LogP contribution in [0, 0.1) is 5.92 Å². The Hall–Kier alpha value is -1.77. The van der Waals surface area contributed by atoms with Gasteiger partial charge in [-0.25, -0.2) is 4.98 Å². The number of aryl methyl sites for hydroxylation is 1. The van der Waals surface area contributed by atoms with E-state index in [0.717, 1.165) is 31.8 Å². The Bertz CT molecular complexity index is 648. The third-order valence-corrected chi connectivity index (χ3v) is 4.76. The van der Waals surface area contributed by atoms with Crippen molar-refractivity contribution in [2.45, 2.75) is 38.5 Å². The first-order valence-electron chi connectivity index (χ1n) is 8.31. The lowest BCUT2D eigenvalue weighted by Crippen LogP contribution is -2.35. The van der Waals surface area contributed by atoms with Crippen molar-refractivity contribution in [3.63, 3.8) is 0 Å².